The molecular formula is C16H32N2O. The Bertz CT molecular complexity index is 265. The minimum atomic E-state index is 0.350. The molecule has 0 aromatic carbocycles. The third-order valence-electron chi connectivity index (χ3n) is 5.19. The molecule has 2 unspecified atom stereocenters. The van der Waals surface area contributed by atoms with Crippen molar-refractivity contribution >= 4 is 0 Å². The van der Waals surface area contributed by atoms with Crippen LogP contribution in [0.3, 0.4) is 0 Å². The predicted octanol–water partition coefficient (Wildman–Crippen LogP) is 2.66. The van der Waals surface area contributed by atoms with Gasteiger partial charge < -0.3 is 10.1 Å². The summed E-state index contributed by atoms with van der Waals surface area (Å²) in [6.07, 6.45) is 6.34. The van der Waals surface area contributed by atoms with E-state index in [4.69, 9.17) is 4.74 Å². The number of piperazine rings is 1. The molecule has 2 fully saturated rings. The largest absolute Gasteiger partial charge is 0.381 e. The van der Waals surface area contributed by atoms with Gasteiger partial charge in [-0.1, -0.05) is 20.3 Å². The van der Waals surface area contributed by atoms with E-state index < -0.39 is 0 Å². The lowest BCUT2D eigenvalue weighted by atomic mass is 9.88. The zero-order valence-electron chi connectivity index (χ0n) is 13.1. The van der Waals surface area contributed by atoms with E-state index in [1.807, 2.05) is 0 Å². The SMILES string of the molecule is CCCC1CN(CC2CCOCC2)C(C)(CC)CN1. The Morgan fingerprint density at radius 3 is 2.63 bits per heavy atom. The first-order valence-electron chi connectivity index (χ1n) is 8.24. The fourth-order valence-electron chi connectivity index (χ4n) is 3.45. The summed E-state index contributed by atoms with van der Waals surface area (Å²) in [5.41, 5.74) is 0.350. The Hall–Kier alpha value is -0.120. The van der Waals surface area contributed by atoms with Crippen LogP contribution in [-0.2, 0) is 4.74 Å². The van der Waals surface area contributed by atoms with Crippen molar-refractivity contribution in [3.63, 3.8) is 0 Å². The summed E-state index contributed by atoms with van der Waals surface area (Å²) in [7, 11) is 0. The normalized spacial score (nSPS) is 34.6. The van der Waals surface area contributed by atoms with Crippen LogP contribution in [-0.4, -0.2) is 49.3 Å². The summed E-state index contributed by atoms with van der Waals surface area (Å²) in [6.45, 7) is 12.6. The van der Waals surface area contributed by atoms with Gasteiger partial charge in [0.25, 0.3) is 0 Å². The molecule has 2 aliphatic heterocycles. The number of hydrogen-bond acceptors (Lipinski definition) is 3. The van der Waals surface area contributed by atoms with Gasteiger partial charge in [-0.05, 0) is 38.5 Å². The Labute approximate surface area is 119 Å². The van der Waals surface area contributed by atoms with Crippen LogP contribution >= 0.6 is 0 Å². The van der Waals surface area contributed by atoms with E-state index in [-0.39, 0.29) is 0 Å². The van der Waals surface area contributed by atoms with Crippen molar-refractivity contribution in [2.24, 2.45) is 5.92 Å². The van der Waals surface area contributed by atoms with Crippen molar-refractivity contribution < 1.29 is 4.74 Å². The quantitative estimate of drug-likeness (QED) is 0.829. The van der Waals surface area contributed by atoms with E-state index in [0.29, 0.717) is 11.6 Å². The van der Waals surface area contributed by atoms with Gasteiger partial charge in [0, 0.05) is 44.4 Å². The van der Waals surface area contributed by atoms with Gasteiger partial charge in [0.1, 0.15) is 0 Å². The maximum atomic E-state index is 5.50. The summed E-state index contributed by atoms with van der Waals surface area (Å²) in [6, 6.07) is 0.699. The molecule has 3 nitrogen and oxygen atoms in total. The summed E-state index contributed by atoms with van der Waals surface area (Å²) < 4.78 is 5.50. The Morgan fingerprint density at radius 2 is 2.00 bits per heavy atom. The molecule has 0 aromatic heterocycles. The van der Waals surface area contributed by atoms with Gasteiger partial charge in [-0.3, -0.25) is 4.90 Å². The van der Waals surface area contributed by atoms with Crippen LogP contribution in [0.25, 0.3) is 0 Å². The first-order chi connectivity index (χ1) is 9.18. The van der Waals surface area contributed by atoms with Crippen molar-refractivity contribution in [1.82, 2.24) is 10.2 Å². The molecular weight excluding hydrogens is 236 g/mol. The molecule has 2 saturated heterocycles. The summed E-state index contributed by atoms with van der Waals surface area (Å²) in [4.78, 5) is 2.78. The predicted molar refractivity (Wildman–Crippen MR) is 80.5 cm³/mol. The molecule has 0 amide bonds. The Kier molecular flexibility index (Phi) is 5.67. The molecule has 0 bridgehead atoms. The smallest absolute Gasteiger partial charge is 0.0469 e. The zero-order chi connectivity index (χ0) is 13.7. The molecule has 0 aliphatic carbocycles. The second-order valence-corrected chi connectivity index (χ2v) is 6.68. The molecule has 1 N–H and O–H groups in total. The van der Waals surface area contributed by atoms with E-state index in [0.717, 1.165) is 25.7 Å². The summed E-state index contributed by atoms with van der Waals surface area (Å²) >= 11 is 0. The van der Waals surface area contributed by atoms with E-state index in [2.05, 4.69) is 31.0 Å². The van der Waals surface area contributed by atoms with E-state index in [1.165, 1.54) is 45.2 Å². The van der Waals surface area contributed by atoms with Crippen LogP contribution < -0.4 is 5.32 Å². The molecule has 19 heavy (non-hydrogen) atoms. The molecule has 112 valence electrons. The van der Waals surface area contributed by atoms with Gasteiger partial charge in [0.05, 0.1) is 0 Å². The van der Waals surface area contributed by atoms with Crippen LogP contribution in [0.15, 0.2) is 0 Å². The van der Waals surface area contributed by atoms with Crippen molar-refractivity contribution in [2.75, 3.05) is 32.8 Å². The Morgan fingerprint density at radius 1 is 1.26 bits per heavy atom. The number of nitrogens with zero attached hydrogens (tertiary/aromatic N) is 1. The van der Waals surface area contributed by atoms with Gasteiger partial charge in [-0.15, -0.1) is 0 Å². The highest BCUT2D eigenvalue weighted by Gasteiger charge is 2.37. The minimum Gasteiger partial charge on any atom is -0.381 e. The van der Waals surface area contributed by atoms with Crippen molar-refractivity contribution in [2.45, 2.75) is 64.5 Å². The van der Waals surface area contributed by atoms with Gasteiger partial charge in [-0.2, -0.15) is 0 Å². The summed E-state index contributed by atoms with van der Waals surface area (Å²) in [5.74, 6) is 0.847. The van der Waals surface area contributed by atoms with Crippen LogP contribution in [0.1, 0.15) is 52.9 Å². The molecule has 2 aliphatic rings. The fraction of sp³-hybridized carbons (Fsp3) is 1.00. The Balaban J connectivity index is 1.94. The first-order valence-corrected chi connectivity index (χ1v) is 8.24. The standard InChI is InChI=1S/C16H32N2O/c1-4-6-15-12-18(16(3,5-2)13-17-15)11-14-7-9-19-10-8-14/h14-15,17H,4-13H2,1-3H3. The second kappa shape index (κ2) is 7.05. The highest BCUT2D eigenvalue weighted by Crippen LogP contribution is 2.27. The molecule has 0 spiro atoms. The lowest BCUT2D eigenvalue weighted by Crippen LogP contribution is -2.63. The lowest BCUT2D eigenvalue weighted by molar-refractivity contribution is 0.00272. The van der Waals surface area contributed by atoms with Gasteiger partial charge in [0.15, 0.2) is 0 Å². The third kappa shape index (κ3) is 3.93. The maximum absolute atomic E-state index is 5.50. The number of ether oxygens (including phenoxy) is 1. The first kappa shape index (κ1) is 15.3. The summed E-state index contributed by atoms with van der Waals surface area (Å²) in [5, 5.41) is 3.76. The van der Waals surface area contributed by atoms with Gasteiger partial charge >= 0.3 is 0 Å². The highest BCUT2D eigenvalue weighted by molar-refractivity contribution is 4.95. The second-order valence-electron chi connectivity index (χ2n) is 6.68. The van der Waals surface area contributed by atoms with Crippen LogP contribution in [0.2, 0.25) is 0 Å². The fourth-order valence-corrected chi connectivity index (χ4v) is 3.45. The van der Waals surface area contributed by atoms with E-state index in [1.54, 1.807) is 0 Å². The number of hydrogen-bond donors (Lipinski definition) is 1. The maximum Gasteiger partial charge on any atom is 0.0469 e. The molecule has 2 rings (SSSR count). The van der Waals surface area contributed by atoms with E-state index in [9.17, 15) is 0 Å². The monoisotopic (exact) mass is 268 g/mol. The number of rotatable bonds is 5. The average molecular weight is 268 g/mol. The molecule has 0 aromatic rings. The highest BCUT2D eigenvalue weighted by atomic mass is 16.5. The molecule has 0 radical (unpaired) electrons. The topological polar surface area (TPSA) is 24.5 Å². The third-order valence-corrected chi connectivity index (χ3v) is 5.19. The van der Waals surface area contributed by atoms with Crippen molar-refractivity contribution in [3.05, 3.63) is 0 Å². The van der Waals surface area contributed by atoms with Crippen molar-refractivity contribution in [1.29, 1.82) is 0 Å². The molecule has 2 atom stereocenters. The molecule has 3 heteroatoms. The molecule has 0 saturated carbocycles. The van der Waals surface area contributed by atoms with Crippen LogP contribution in [0.5, 0.6) is 0 Å². The minimum absolute atomic E-state index is 0.350. The van der Waals surface area contributed by atoms with Crippen LogP contribution in [0, 0.1) is 5.92 Å². The van der Waals surface area contributed by atoms with E-state index >= 15 is 0 Å². The van der Waals surface area contributed by atoms with Crippen molar-refractivity contribution in [3.8, 4) is 0 Å². The lowest BCUT2D eigenvalue weighted by Gasteiger charge is -2.49. The van der Waals surface area contributed by atoms with Gasteiger partial charge in [0.2, 0.25) is 0 Å². The average Bonchev–Trinajstić information content (AvgIpc) is 2.44. The zero-order valence-corrected chi connectivity index (χ0v) is 13.1. The van der Waals surface area contributed by atoms with Crippen LogP contribution in [0.4, 0.5) is 0 Å². The van der Waals surface area contributed by atoms with Gasteiger partial charge in [-0.25, -0.2) is 0 Å². The molecule has 2 heterocycles. The number of nitrogens with one attached hydrogen (secondary N) is 1.